The molecule has 0 spiro atoms. The third-order valence-electron chi connectivity index (χ3n) is 5.68. The van der Waals surface area contributed by atoms with Gasteiger partial charge in [0, 0.05) is 25.2 Å². The lowest BCUT2D eigenvalue weighted by Gasteiger charge is -2.30. The number of rotatable bonds is 13. The minimum atomic E-state index is -1.18. The number of hydroxylamine groups is 1. The summed E-state index contributed by atoms with van der Waals surface area (Å²) in [6.45, 7) is 13.3. The van der Waals surface area contributed by atoms with Crippen molar-refractivity contribution < 1.29 is 33.5 Å². The van der Waals surface area contributed by atoms with Crippen LogP contribution in [0.15, 0.2) is 41.5 Å². The fourth-order valence-corrected chi connectivity index (χ4v) is 3.79. The molecule has 234 valence electrons. The first kappa shape index (κ1) is 34.5. The van der Waals surface area contributed by atoms with Gasteiger partial charge in [-0.05, 0) is 66.9 Å². The van der Waals surface area contributed by atoms with E-state index in [1.807, 2.05) is 37.3 Å². The standard InChI is InChI=1S/C29H46N6O7/c1-20-14-17-35(31-15-13-21-11-9-8-10-12-21)24(37)22(20)19-23(36)30-16-18-40-34-25(32-26(38)41-28(2,3)4)33-27(39)42-29(5,6)7/h8-12,25,31,34H,13-19H2,1-7H3,(H,30,36)(H,32,38)(H,33,39). The van der Waals surface area contributed by atoms with Gasteiger partial charge in [0.2, 0.25) is 5.91 Å². The summed E-state index contributed by atoms with van der Waals surface area (Å²) < 4.78 is 10.4. The molecule has 0 unspecified atom stereocenters. The van der Waals surface area contributed by atoms with Crippen LogP contribution in [0.3, 0.4) is 0 Å². The summed E-state index contributed by atoms with van der Waals surface area (Å²) in [7, 11) is 0. The van der Waals surface area contributed by atoms with Crippen molar-refractivity contribution in [2.24, 2.45) is 0 Å². The number of hydrogen-bond acceptors (Lipinski definition) is 9. The molecule has 2 rings (SSSR count). The van der Waals surface area contributed by atoms with E-state index < -0.39 is 29.7 Å². The average Bonchev–Trinajstić information content (AvgIpc) is 2.86. The SMILES string of the molecule is CC1=C(CC(=O)NCCONC(NC(=O)OC(C)(C)C)NC(=O)OC(C)(C)C)C(=O)N(NCCc2ccccc2)CC1. The number of carbonyl (C=O) groups is 4. The molecule has 1 aliphatic rings. The number of amides is 4. The lowest BCUT2D eigenvalue weighted by atomic mass is 9.98. The predicted molar refractivity (Wildman–Crippen MR) is 156 cm³/mol. The monoisotopic (exact) mass is 590 g/mol. The van der Waals surface area contributed by atoms with Crippen LogP contribution in [0.5, 0.6) is 0 Å². The van der Waals surface area contributed by atoms with E-state index in [4.69, 9.17) is 14.3 Å². The van der Waals surface area contributed by atoms with Crippen molar-refractivity contribution in [2.75, 3.05) is 26.2 Å². The van der Waals surface area contributed by atoms with Gasteiger partial charge in [-0.2, -0.15) is 5.48 Å². The first-order chi connectivity index (χ1) is 19.6. The van der Waals surface area contributed by atoms with Gasteiger partial charge in [-0.1, -0.05) is 35.9 Å². The molecule has 0 aromatic heterocycles. The average molecular weight is 591 g/mol. The third-order valence-corrected chi connectivity index (χ3v) is 5.68. The molecule has 0 bridgehead atoms. The first-order valence-corrected chi connectivity index (χ1v) is 14.0. The summed E-state index contributed by atoms with van der Waals surface area (Å²) in [6, 6.07) is 9.99. The molecule has 1 aromatic rings. The highest BCUT2D eigenvalue weighted by molar-refractivity contribution is 5.99. The van der Waals surface area contributed by atoms with Crippen LogP contribution in [-0.4, -0.2) is 72.7 Å². The van der Waals surface area contributed by atoms with Gasteiger partial charge in [-0.3, -0.25) is 30.1 Å². The van der Waals surface area contributed by atoms with E-state index in [-0.39, 0.29) is 31.4 Å². The maximum absolute atomic E-state index is 13.0. The van der Waals surface area contributed by atoms with Gasteiger partial charge in [0.1, 0.15) is 11.2 Å². The van der Waals surface area contributed by atoms with Crippen molar-refractivity contribution in [1.82, 2.24) is 31.9 Å². The minimum Gasteiger partial charge on any atom is -0.444 e. The lowest BCUT2D eigenvalue weighted by molar-refractivity contribution is -0.132. The Morgan fingerprint density at radius 1 is 0.929 bits per heavy atom. The second-order valence-corrected chi connectivity index (χ2v) is 11.8. The molecular formula is C29H46N6O7. The van der Waals surface area contributed by atoms with Crippen LogP contribution in [0.4, 0.5) is 9.59 Å². The van der Waals surface area contributed by atoms with E-state index in [0.717, 1.165) is 12.0 Å². The Morgan fingerprint density at radius 3 is 2.10 bits per heavy atom. The van der Waals surface area contributed by atoms with Gasteiger partial charge in [0.25, 0.3) is 5.91 Å². The molecule has 13 nitrogen and oxygen atoms in total. The normalized spacial score (nSPS) is 14.1. The fourth-order valence-electron chi connectivity index (χ4n) is 3.79. The number of ether oxygens (including phenoxy) is 2. The summed E-state index contributed by atoms with van der Waals surface area (Å²) in [5.74, 6) is -0.535. The largest absolute Gasteiger partial charge is 0.444 e. The molecule has 42 heavy (non-hydrogen) atoms. The van der Waals surface area contributed by atoms with Crippen molar-refractivity contribution in [3.05, 3.63) is 47.0 Å². The molecule has 0 fully saturated rings. The maximum Gasteiger partial charge on any atom is 0.410 e. The Kier molecular flexibility index (Phi) is 13.2. The van der Waals surface area contributed by atoms with Crippen molar-refractivity contribution in [3.8, 4) is 0 Å². The van der Waals surface area contributed by atoms with Gasteiger partial charge in [-0.15, -0.1) is 0 Å². The minimum absolute atomic E-state index is 0.00657. The molecule has 1 aliphatic heterocycles. The van der Waals surface area contributed by atoms with Gasteiger partial charge in [-0.25, -0.2) is 15.0 Å². The molecule has 0 aliphatic carbocycles. The first-order valence-electron chi connectivity index (χ1n) is 14.0. The second kappa shape index (κ2) is 16.1. The van der Waals surface area contributed by atoms with Gasteiger partial charge < -0.3 is 14.8 Å². The van der Waals surface area contributed by atoms with Gasteiger partial charge >= 0.3 is 12.2 Å². The molecular weight excluding hydrogens is 544 g/mol. The van der Waals surface area contributed by atoms with Crippen LogP contribution >= 0.6 is 0 Å². The Morgan fingerprint density at radius 2 is 1.52 bits per heavy atom. The van der Waals surface area contributed by atoms with Crippen LogP contribution in [0, 0.1) is 0 Å². The summed E-state index contributed by atoms with van der Waals surface area (Å²) >= 11 is 0. The quantitative estimate of drug-likeness (QED) is 0.132. The predicted octanol–water partition coefficient (Wildman–Crippen LogP) is 2.64. The molecule has 0 saturated carbocycles. The Bertz CT molecular complexity index is 1070. The van der Waals surface area contributed by atoms with Crippen LogP contribution in [-0.2, 0) is 30.3 Å². The second-order valence-electron chi connectivity index (χ2n) is 11.8. The number of carbonyl (C=O) groups excluding carboxylic acids is 4. The van der Waals surface area contributed by atoms with Crippen molar-refractivity contribution >= 4 is 24.0 Å². The molecule has 5 N–H and O–H groups in total. The molecule has 0 atom stereocenters. The van der Waals surface area contributed by atoms with Crippen molar-refractivity contribution in [1.29, 1.82) is 0 Å². The number of nitrogens with zero attached hydrogens (tertiary/aromatic N) is 1. The van der Waals surface area contributed by atoms with E-state index >= 15 is 0 Å². The Balaban J connectivity index is 1.79. The maximum atomic E-state index is 13.0. The van der Waals surface area contributed by atoms with Crippen LogP contribution in [0.25, 0.3) is 0 Å². The zero-order chi connectivity index (χ0) is 31.3. The molecule has 13 heteroatoms. The van der Waals surface area contributed by atoms with Crippen molar-refractivity contribution in [2.45, 2.75) is 85.2 Å². The van der Waals surface area contributed by atoms with E-state index in [1.165, 1.54) is 5.56 Å². The zero-order valence-electron chi connectivity index (χ0n) is 25.7. The highest BCUT2D eigenvalue weighted by Crippen LogP contribution is 2.20. The summed E-state index contributed by atoms with van der Waals surface area (Å²) in [5.41, 5.74) is 6.70. The molecule has 4 amide bonds. The Hall–Kier alpha value is -3.68. The molecule has 1 aromatic carbocycles. The molecule has 0 radical (unpaired) electrons. The van der Waals surface area contributed by atoms with E-state index in [9.17, 15) is 19.2 Å². The van der Waals surface area contributed by atoms with Crippen LogP contribution in [0.1, 0.15) is 66.9 Å². The topological polar surface area (TPSA) is 159 Å². The van der Waals surface area contributed by atoms with Crippen molar-refractivity contribution in [3.63, 3.8) is 0 Å². The third kappa shape index (κ3) is 13.8. The molecule has 0 saturated heterocycles. The number of alkyl carbamates (subject to hydrolysis) is 2. The summed E-state index contributed by atoms with van der Waals surface area (Å²) in [6.07, 6.45) is -1.37. The number of hydrazine groups is 1. The van der Waals surface area contributed by atoms with Gasteiger partial charge in [0.05, 0.1) is 13.0 Å². The van der Waals surface area contributed by atoms with E-state index in [1.54, 1.807) is 46.6 Å². The number of benzene rings is 1. The fraction of sp³-hybridized carbons (Fsp3) is 0.586. The van der Waals surface area contributed by atoms with E-state index in [2.05, 4.69) is 26.9 Å². The number of hydrogen-bond donors (Lipinski definition) is 5. The highest BCUT2D eigenvalue weighted by atomic mass is 16.7. The van der Waals surface area contributed by atoms with Crippen LogP contribution in [0.2, 0.25) is 0 Å². The highest BCUT2D eigenvalue weighted by Gasteiger charge is 2.27. The Labute approximate surface area is 248 Å². The van der Waals surface area contributed by atoms with E-state index in [0.29, 0.717) is 25.1 Å². The summed E-state index contributed by atoms with van der Waals surface area (Å²) in [5, 5.41) is 9.15. The van der Waals surface area contributed by atoms with Crippen LogP contribution < -0.4 is 26.9 Å². The molecule has 1 heterocycles. The number of nitrogens with one attached hydrogen (secondary N) is 5. The summed E-state index contributed by atoms with van der Waals surface area (Å²) in [4.78, 5) is 55.3. The smallest absolute Gasteiger partial charge is 0.410 e. The zero-order valence-corrected chi connectivity index (χ0v) is 25.7. The lowest BCUT2D eigenvalue weighted by Crippen LogP contribution is -2.58. The van der Waals surface area contributed by atoms with Gasteiger partial charge in [0.15, 0.2) is 6.29 Å².